The Balaban J connectivity index is 0. The number of hydrogen-bond donors (Lipinski definition) is 1. The quantitative estimate of drug-likeness (QED) is 0.511. The van der Waals surface area contributed by atoms with Gasteiger partial charge in [-0.2, -0.15) is 0 Å². The molecule has 1 rings (SSSR count). The van der Waals surface area contributed by atoms with Crippen molar-refractivity contribution in [1.29, 1.82) is 0 Å². The minimum Gasteiger partial charge on any atom is -0.358 e. The Hall–Kier alpha value is -0.790. The van der Waals surface area contributed by atoms with E-state index in [4.69, 9.17) is 0 Å². The molecule has 0 saturated carbocycles. The van der Waals surface area contributed by atoms with E-state index in [1.54, 1.807) is 18.7 Å². The molecule has 0 saturated heterocycles. The van der Waals surface area contributed by atoms with Crippen LogP contribution >= 0.6 is 0 Å². The maximum atomic E-state index is 3.67. The molecule has 8 heavy (non-hydrogen) atoms. The fraction of sp³-hybridized carbons (Fsp3) is 0.333. The SMILES string of the molecule is CC.[CH3-].c1c[nH]cn1. The largest absolute Gasteiger partial charge is 0.358 e. The van der Waals surface area contributed by atoms with E-state index >= 15 is 0 Å². The highest BCUT2D eigenvalue weighted by atomic mass is 14.8. The minimum absolute atomic E-state index is 0. The summed E-state index contributed by atoms with van der Waals surface area (Å²) in [6, 6.07) is 0. The van der Waals surface area contributed by atoms with Gasteiger partial charge in [0, 0.05) is 12.4 Å². The smallest absolute Gasteiger partial charge is 0.0919 e. The molecule has 2 heteroatoms. The maximum absolute atomic E-state index is 3.67. The number of hydrogen-bond acceptors (Lipinski definition) is 1. The number of nitrogens with zero attached hydrogens (tertiary/aromatic N) is 1. The van der Waals surface area contributed by atoms with E-state index < -0.39 is 0 Å². The first kappa shape index (κ1) is 10.2. The average Bonchev–Trinajstić information content (AvgIpc) is 2.23. The van der Waals surface area contributed by atoms with Crippen LogP contribution in [0.15, 0.2) is 18.7 Å². The summed E-state index contributed by atoms with van der Waals surface area (Å²) in [6.45, 7) is 4.00. The van der Waals surface area contributed by atoms with Gasteiger partial charge in [-0.15, -0.1) is 0 Å². The zero-order valence-electron chi connectivity index (χ0n) is 5.68. The maximum Gasteiger partial charge on any atom is 0.0919 e. The summed E-state index contributed by atoms with van der Waals surface area (Å²) in [5.41, 5.74) is 0. The van der Waals surface area contributed by atoms with Gasteiger partial charge in [-0.3, -0.25) is 0 Å². The number of rotatable bonds is 0. The van der Waals surface area contributed by atoms with Crippen molar-refractivity contribution >= 4 is 0 Å². The van der Waals surface area contributed by atoms with Crippen molar-refractivity contribution in [1.82, 2.24) is 9.97 Å². The van der Waals surface area contributed by atoms with Crippen molar-refractivity contribution in [2.45, 2.75) is 13.8 Å². The van der Waals surface area contributed by atoms with Crippen LogP contribution < -0.4 is 0 Å². The van der Waals surface area contributed by atoms with Crippen LogP contribution in [0.2, 0.25) is 0 Å². The van der Waals surface area contributed by atoms with Gasteiger partial charge in [-0.25, -0.2) is 4.98 Å². The van der Waals surface area contributed by atoms with Crippen molar-refractivity contribution in [2.75, 3.05) is 0 Å². The second kappa shape index (κ2) is 9.51. The first-order valence-electron chi connectivity index (χ1n) is 2.43. The number of imidazole rings is 1. The average molecular weight is 113 g/mol. The van der Waals surface area contributed by atoms with Crippen molar-refractivity contribution in [3.8, 4) is 0 Å². The third-order valence-electron chi connectivity index (χ3n) is 0.406. The summed E-state index contributed by atoms with van der Waals surface area (Å²) in [7, 11) is 0. The van der Waals surface area contributed by atoms with E-state index in [1.807, 2.05) is 13.8 Å². The van der Waals surface area contributed by atoms with Gasteiger partial charge in [0.15, 0.2) is 0 Å². The van der Waals surface area contributed by atoms with Crippen LogP contribution in [0.4, 0.5) is 0 Å². The molecule has 1 N–H and O–H groups in total. The molecule has 0 atom stereocenters. The van der Waals surface area contributed by atoms with Crippen molar-refractivity contribution < 1.29 is 0 Å². The highest BCUT2D eigenvalue weighted by molar-refractivity contribution is 4.64. The predicted molar refractivity (Wildman–Crippen MR) is 36.3 cm³/mol. The Morgan fingerprint density at radius 2 is 2.00 bits per heavy atom. The van der Waals surface area contributed by atoms with Crippen LogP contribution in [0.1, 0.15) is 13.8 Å². The predicted octanol–water partition coefficient (Wildman–Crippen LogP) is 1.89. The van der Waals surface area contributed by atoms with Gasteiger partial charge in [-0.05, 0) is 0 Å². The van der Waals surface area contributed by atoms with E-state index in [1.165, 1.54) is 0 Å². The monoisotopic (exact) mass is 113 g/mol. The first-order valence-corrected chi connectivity index (χ1v) is 2.43. The molecule has 1 aromatic rings. The lowest BCUT2D eigenvalue weighted by atomic mass is 11.0. The zero-order valence-corrected chi connectivity index (χ0v) is 5.68. The topological polar surface area (TPSA) is 28.7 Å². The van der Waals surface area contributed by atoms with Gasteiger partial charge >= 0.3 is 0 Å². The van der Waals surface area contributed by atoms with Gasteiger partial charge in [0.1, 0.15) is 0 Å². The van der Waals surface area contributed by atoms with Crippen molar-refractivity contribution in [3.05, 3.63) is 26.1 Å². The third kappa shape index (κ3) is 5.21. The molecule has 48 valence electrons. The fourth-order valence-electron chi connectivity index (χ4n) is 0.215. The first-order chi connectivity index (χ1) is 3.50. The lowest BCUT2D eigenvalue weighted by Gasteiger charge is -1.46. The van der Waals surface area contributed by atoms with Crippen LogP contribution in [0.5, 0.6) is 0 Å². The summed E-state index contributed by atoms with van der Waals surface area (Å²) in [5, 5.41) is 0. The number of aromatic nitrogens is 2. The highest BCUT2D eigenvalue weighted by Crippen LogP contribution is 1.62. The van der Waals surface area contributed by atoms with Gasteiger partial charge < -0.3 is 12.4 Å². The Bertz CT molecular complexity index is 63.0. The lowest BCUT2D eigenvalue weighted by Crippen LogP contribution is -1.44. The molecule has 0 aromatic carbocycles. The van der Waals surface area contributed by atoms with Gasteiger partial charge in [0.2, 0.25) is 0 Å². The van der Waals surface area contributed by atoms with Crippen molar-refractivity contribution in [2.24, 2.45) is 0 Å². The normalized spacial score (nSPS) is 5.75. The molecular weight excluding hydrogens is 100 g/mol. The van der Waals surface area contributed by atoms with E-state index in [9.17, 15) is 0 Å². The molecule has 2 nitrogen and oxygen atoms in total. The molecule has 0 aliphatic heterocycles. The Morgan fingerprint density at radius 1 is 1.38 bits per heavy atom. The Labute approximate surface area is 51.0 Å². The molecule has 0 bridgehead atoms. The van der Waals surface area contributed by atoms with Crippen LogP contribution in [0.3, 0.4) is 0 Å². The molecule has 0 spiro atoms. The van der Waals surface area contributed by atoms with Crippen LogP contribution in [-0.2, 0) is 0 Å². The molecule has 0 unspecified atom stereocenters. The summed E-state index contributed by atoms with van der Waals surface area (Å²) in [4.78, 5) is 6.42. The summed E-state index contributed by atoms with van der Waals surface area (Å²) < 4.78 is 0. The van der Waals surface area contributed by atoms with Crippen molar-refractivity contribution in [3.63, 3.8) is 0 Å². The van der Waals surface area contributed by atoms with E-state index in [2.05, 4.69) is 9.97 Å². The lowest BCUT2D eigenvalue weighted by molar-refractivity contribution is 1.31. The molecule has 1 aromatic heterocycles. The van der Waals surface area contributed by atoms with Gasteiger partial charge in [0.05, 0.1) is 6.33 Å². The second-order valence-corrected chi connectivity index (χ2v) is 0.761. The molecular formula is C6H13N2-. The molecule has 1 heterocycles. The van der Waals surface area contributed by atoms with Gasteiger partial charge in [-0.1, -0.05) is 13.8 Å². The van der Waals surface area contributed by atoms with E-state index in [0.29, 0.717) is 0 Å². The highest BCUT2D eigenvalue weighted by Gasteiger charge is 1.56. The fourth-order valence-corrected chi connectivity index (χ4v) is 0.215. The number of nitrogens with one attached hydrogen (secondary N) is 1. The molecule has 0 amide bonds. The molecule has 0 aliphatic carbocycles. The zero-order chi connectivity index (χ0) is 5.54. The summed E-state index contributed by atoms with van der Waals surface area (Å²) in [6.07, 6.45) is 5.08. The van der Waals surface area contributed by atoms with Gasteiger partial charge in [0.25, 0.3) is 0 Å². The molecule has 0 radical (unpaired) electrons. The minimum atomic E-state index is 0. The number of aromatic amines is 1. The van der Waals surface area contributed by atoms with Crippen LogP contribution in [0.25, 0.3) is 0 Å². The van der Waals surface area contributed by atoms with Crippen LogP contribution in [0, 0.1) is 7.43 Å². The summed E-state index contributed by atoms with van der Waals surface area (Å²) in [5.74, 6) is 0. The third-order valence-corrected chi connectivity index (χ3v) is 0.406. The van der Waals surface area contributed by atoms with Crippen LogP contribution in [-0.4, -0.2) is 9.97 Å². The summed E-state index contributed by atoms with van der Waals surface area (Å²) >= 11 is 0. The molecule has 0 aliphatic rings. The Morgan fingerprint density at radius 3 is 2.12 bits per heavy atom. The second-order valence-electron chi connectivity index (χ2n) is 0.761. The standard InChI is InChI=1S/C3H4N2.C2H6.CH3/c1-2-5-3-4-1;1-2;/h1-3H,(H,4,5);1-2H3;1H3/q;;-1. The number of H-pyrrole nitrogens is 1. The van der Waals surface area contributed by atoms with E-state index in [-0.39, 0.29) is 7.43 Å². The molecule has 0 fully saturated rings. The Kier molecular flexibility index (Phi) is 12.2. The van der Waals surface area contributed by atoms with E-state index in [0.717, 1.165) is 0 Å².